The van der Waals surface area contributed by atoms with Crippen molar-refractivity contribution in [1.82, 2.24) is 4.98 Å². The predicted octanol–water partition coefficient (Wildman–Crippen LogP) is 4.44. The lowest BCUT2D eigenvalue weighted by Gasteiger charge is -2.11. The van der Waals surface area contributed by atoms with Gasteiger partial charge in [0.25, 0.3) is 0 Å². The van der Waals surface area contributed by atoms with Gasteiger partial charge in [-0.15, -0.1) is 13.2 Å². The molecule has 1 heterocycles. The van der Waals surface area contributed by atoms with Crippen LogP contribution >= 0.6 is 11.6 Å². The summed E-state index contributed by atoms with van der Waals surface area (Å²) < 4.78 is 53.7. The van der Waals surface area contributed by atoms with E-state index < -0.39 is 17.9 Å². The number of pyridine rings is 1. The van der Waals surface area contributed by atoms with Crippen molar-refractivity contribution in [3.8, 4) is 16.9 Å². The molecule has 0 fully saturated rings. The van der Waals surface area contributed by atoms with Crippen LogP contribution in [-0.4, -0.2) is 11.3 Å². The van der Waals surface area contributed by atoms with E-state index in [-0.39, 0.29) is 16.1 Å². The zero-order chi connectivity index (χ0) is 14.0. The van der Waals surface area contributed by atoms with E-state index in [0.29, 0.717) is 0 Å². The summed E-state index contributed by atoms with van der Waals surface area (Å²) in [5.41, 5.74) is 0.149. The zero-order valence-corrected chi connectivity index (χ0v) is 9.97. The fourth-order valence-corrected chi connectivity index (χ4v) is 1.79. The Balaban J connectivity index is 2.44. The molecule has 2 rings (SSSR count). The second-order valence-electron chi connectivity index (χ2n) is 3.55. The molecule has 1 aromatic carbocycles. The van der Waals surface area contributed by atoms with E-state index in [1.165, 1.54) is 18.3 Å². The van der Waals surface area contributed by atoms with Gasteiger partial charge in [-0.25, -0.2) is 4.39 Å². The summed E-state index contributed by atoms with van der Waals surface area (Å²) in [7, 11) is 0. The Bertz CT molecular complexity index is 580. The molecule has 0 unspecified atom stereocenters. The molecule has 1 aromatic heterocycles. The third-order valence-corrected chi connectivity index (χ3v) is 2.50. The van der Waals surface area contributed by atoms with Gasteiger partial charge in [0.05, 0.1) is 11.2 Å². The quantitative estimate of drug-likeness (QED) is 0.763. The minimum absolute atomic E-state index is 0.00385. The van der Waals surface area contributed by atoms with Gasteiger partial charge in [-0.3, -0.25) is 4.98 Å². The second-order valence-corrected chi connectivity index (χ2v) is 3.96. The van der Waals surface area contributed by atoms with Crippen LogP contribution in [0, 0.1) is 5.82 Å². The summed E-state index contributed by atoms with van der Waals surface area (Å²) in [6.45, 7) is 0. The lowest BCUT2D eigenvalue weighted by Crippen LogP contribution is -2.17. The van der Waals surface area contributed by atoms with Crippen LogP contribution in [0.25, 0.3) is 11.1 Å². The summed E-state index contributed by atoms with van der Waals surface area (Å²) in [6.07, 6.45) is -2.67. The summed E-state index contributed by atoms with van der Waals surface area (Å²) >= 11 is 5.78. The molecule has 100 valence electrons. The third-order valence-electron chi connectivity index (χ3n) is 2.21. The van der Waals surface area contributed by atoms with Crippen LogP contribution in [-0.2, 0) is 0 Å². The SMILES string of the molecule is Fc1cncc(Cl)c1-c1cccc(OC(F)(F)F)c1. The van der Waals surface area contributed by atoms with Crippen LogP contribution in [0.2, 0.25) is 5.02 Å². The molecule has 0 radical (unpaired) electrons. The van der Waals surface area contributed by atoms with Crippen LogP contribution in [0.1, 0.15) is 0 Å². The minimum atomic E-state index is -4.81. The average Bonchev–Trinajstić information content (AvgIpc) is 2.26. The van der Waals surface area contributed by atoms with Gasteiger partial charge in [0.15, 0.2) is 5.82 Å². The smallest absolute Gasteiger partial charge is 0.406 e. The first-order valence-electron chi connectivity index (χ1n) is 5.02. The van der Waals surface area contributed by atoms with Gasteiger partial charge in [0.1, 0.15) is 5.75 Å². The van der Waals surface area contributed by atoms with Gasteiger partial charge >= 0.3 is 6.36 Å². The van der Waals surface area contributed by atoms with E-state index in [1.807, 2.05) is 0 Å². The van der Waals surface area contributed by atoms with Crippen molar-refractivity contribution in [3.63, 3.8) is 0 Å². The highest BCUT2D eigenvalue weighted by Gasteiger charge is 2.31. The van der Waals surface area contributed by atoms with E-state index >= 15 is 0 Å². The first kappa shape index (κ1) is 13.6. The normalized spacial score (nSPS) is 11.4. The highest BCUT2D eigenvalue weighted by molar-refractivity contribution is 6.33. The molecule has 7 heteroatoms. The maximum Gasteiger partial charge on any atom is 0.573 e. The molecule has 2 aromatic rings. The molecule has 19 heavy (non-hydrogen) atoms. The van der Waals surface area contributed by atoms with Crippen LogP contribution in [0.4, 0.5) is 17.6 Å². The Kier molecular flexibility index (Phi) is 3.61. The molecule has 0 amide bonds. The Labute approximate surface area is 110 Å². The molecule has 0 aliphatic carbocycles. The zero-order valence-electron chi connectivity index (χ0n) is 9.21. The van der Waals surface area contributed by atoms with E-state index in [2.05, 4.69) is 9.72 Å². The minimum Gasteiger partial charge on any atom is -0.406 e. The van der Waals surface area contributed by atoms with Crippen molar-refractivity contribution >= 4 is 11.6 Å². The number of rotatable bonds is 2. The molecule has 0 bridgehead atoms. The highest BCUT2D eigenvalue weighted by atomic mass is 35.5. The lowest BCUT2D eigenvalue weighted by molar-refractivity contribution is -0.274. The fraction of sp³-hybridized carbons (Fsp3) is 0.0833. The van der Waals surface area contributed by atoms with E-state index in [4.69, 9.17) is 11.6 Å². The van der Waals surface area contributed by atoms with Crippen LogP contribution < -0.4 is 4.74 Å². The molecule has 0 aliphatic rings. The molecule has 0 aliphatic heterocycles. The number of hydrogen-bond acceptors (Lipinski definition) is 2. The maximum atomic E-state index is 13.6. The summed E-state index contributed by atoms with van der Waals surface area (Å²) in [5.74, 6) is -1.17. The van der Waals surface area contributed by atoms with Crippen LogP contribution in [0.5, 0.6) is 5.75 Å². The molecule has 0 atom stereocenters. The topological polar surface area (TPSA) is 22.1 Å². The van der Waals surface area contributed by atoms with Crippen molar-refractivity contribution in [2.75, 3.05) is 0 Å². The van der Waals surface area contributed by atoms with Gasteiger partial charge in [0, 0.05) is 11.8 Å². The Hall–Kier alpha value is -1.82. The van der Waals surface area contributed by atoms with Crippen molar-refractivity contribution in [2.24, 2.45) is 0 Å². The van der Waals surface area contributed by atoms with E-state index in [9.17, 15) is 17.6 Å². The molecule has 0 spiro atoms. The third kappa shape index (κ3) is 3.35. The van der Waals surface area contributed by atoms with Crippen molar-refractivity contribution in [2.45, 2.75) is 6.36 Å². The molecule has 2 nitrogen and oxygen atoms in total. The number of aromatic nitrogens is 1. The average molecular weight is 292 g/mol. The molecular weight excluding hydrogens is 286 g/mol. The van der Waals surface area contributed by atoms with Gasteiger partial charge in [0.2, 0.25) is 0 Å². The monoisotopic (exact) mass is 291 g/mol. The van der Waals surface area contributed by atoms with Gasteiger partial charge in [-0.1, -0.05) is 23.7 Å². The van der Waals surface area contributed by atoms with Crippen LogP contribution in [0.15, 0.2) is 36.7 Å². The number of ether oxygens (including phenoxy) is 1. The summed E-state index contributed by atoms with van der Waals surface area (Å²) in [5, 5.41) is 0.00385. The van der Waals surface area contributed by atoms with Crippen LogP contribution in [0.3, 0.4) is 0 Å². The largest absolute Gasteiger partial charge is 0.573 e. The Morgan fingerprint density at radius 1 is 1.16 bits per heavy atom. The van der Waals surface area contributed by atoms with E-state index in [0.717, 1.165) is 18.3 Å². The standard InChI is InChI=1S/C12H6ClF4NO/c13-9-5-18-6-10(14)11(9)7-2-1-3-8(4-7)19-12(15,16)17/h1-6H. The van der Waals surface area contributed by atoms with E-state index in [1.54, 1.807) is 0 Å². The molecular formula is C12H6ClF4NO. The Morgan fingerprint density at radius 2 is 1.89 bits per heavy atom. The first-order chi connectivity index (χ1) is 8.87. The summed E-state index contributed by atoms with van der Waals surface area (Å²) in [4.78, 5) is 3.53. The van der Waals surface area contributed by atoms with Crippen molar-refractivity contribution in [1.29, 1.82) is 0 Å². The lowest BCUT2D eigenvalue weighted by atomic mass is 10.1. The van der Waals surface area contributed by atoms with Gasteiger partial charge in [-0.2, -0.15) is 0 Å². The number of benzene rings is 1. The van der Waals surface area contributed by atoms with Crippen molar-refractivity contribution < 1.29 is 22.3 Å². The fourth-order valence-electron chi connectivity index (χ4n) is 1.54. The number of halogens is 5. The molecule has 0 saturated heterocycles. The predicted molar refractivity (Wildman–Crippen MR) is 61.3 cm³/mol. The Morgan fingerprint density at radius 3 is 2.53 bits per heavy atom. The van der Waals surface area contributed by atoms with Gasteiger partial charge < -0.3 is 4.74 Å². The highest BCUT2D eigenvalue weighted by Crippen LogP contribution is 2.33. The second kappa shape index (κ2) is 5.05. The number of hydrogen-bond donors (Lipinski definition) is 0. The number of alkyl halides is 3. The summed E-state index contributed by atoms with van der Waals surface area (Å²) in [6, 6.07) is 4.90. The van der Waals surface area contributed by atoms with Crippen molar-refractivity contribution in [3.05, 3.63) is 47.5 Å². The maximum absolute atomic E-state index is 13.6. The molecule has 0 saturated carbocycles. The molecule has 0 N–H and O–H groups in total. The first-order valence-corrected chi connectivity index (χ1v) is 5.40. The van der Waals surface area contributed by atoms with Gasteiger partial charge in [-0.05, 0) is 17.7 Å². The number of nitrogens with zero attached hydrogens (tertiary/aromatic N) is 1.